The molecule has 0 unspecified atom stereocenters. The molecule has 2 N–H and O–H groups in total. The normalized spacial score (nSPS) is 11.8. The molecule has 0 spiro atoms. The summed E-state index contributed by atoms with van der Waals surface area (Å²) in [5.74, 6) is -0.580. The number of hydrogen-bond donors (Lipinski definition) is 2. The predicted molar refractivity (Wildman–Crippen MR) is 95.8 cm³/mol. The van der Waals surface area contributed by atoms with Gasteiger partial charge in [0.05, 0.1) is 16.4 Å². The van der Waals surface area contributed by atoms with Gasteiger partial charge in [-0.1, -0.05) is 12.1 Å². The van der Waals surface area contributed by atoms with E-state index < -0.39 is 5.82 Å². The second-order valence-electron chi connectivity index (χ2n) is 5.69. The van der Waals surface area contributed by atoms with Gasteiger partial charge in [-0.25, -0.2) is 9.37 Å². The molecular weight excluding hydrogens is 337 g/mol. The summed E-state index contributed by atoms with van der Waals surface area (Å²) < 4.78 is 14.9. The zero-order valence-corrected chi connectivity index (χ0v) is 13.8. The van der Waals surface area contributed by atoms with Crippen molar-refractivity contribution in [2.75, 3.05) is 0 Å². The van der Waals surface area contributed by atoms with Crippen molar-refractivity contribution in [3.05, 3.63) is 58.6 Å². The van der Waals surface area contributed by atoms with Gasteiger partial charge in [0.2, 0.25) is 5.88 Å². The van der Waals surface area contributed by atoms with Crippen LogP contribution in [-0.2, 0) is 6.54 Å². The molecule has 0 atom stereocenters. The van der Waals surface area contributed by atoms with E-state index in [1.165, 1.54) is 22.8 Å². The molecule has 7 nitrogen and oxygen atoms in total. The monoisotopic (exact) mass is 351 g/mol. The number of nitrogens with zero attached hydrogens (tertiary/aromatic N) is 4. The summed E-state index contributed by atoms with van der Waals surface area (Å²) in [6, 6.07) is 11.0. The van der Waals surface area contributed by atoms with Crippen molar-refractivity contribution >= 4 is 33.4 Å². The maximum atomic E-state index is 13.5. The molecule has 8 heteroatoms. The molecule has 26 heavy (non-hydrogen) atoms. The molecule has 0 aliphatic rings. The highest BCUT2D eigenvalue weighted by Gasteiger charge is 2.13. The lowest BCUT2D eigenvalue weighted by Crippen LogP contribution is -2.20. The van der Waals surface area contributed by atoms with Crippen molar-refractivity contribution in [3.8, 4) is 5.88 Å². The molecule has 130 valence electrons. The van der Waals surface area contributed by atoms with Crippen LogP contribution in [0.15, 0.2) is 57.5 Å². The number of azo groups is 1. The van der Waals surface area contributed by atoms with Crippen molar-refractivity contribution < 1.29 is 9.50 Å². The first-order valence-corrected chi connectivity index (χ1v) is 8.00. The van der Waals surface area contributed by atoms with Gasteiger partial charge in [-0.15, -0.1) is 10.2 Å². The van der Waals surface area contributed by atoms with Gasteiger partial charge in [-0.2, -0.15) is 0 Å². The van der Waals surface area contributed by atoms with E-state index >= 15 is 0 Å². The fraction of sp³-hybridized carbons (Fsp3) is 0.111. The minimum Gasteiger partial charge on any atom is -0.493 e. The quantitative estimate of drug-likeness (QED) is 0.543. The lowest BCUT2D eigenvalue weighted by molar-refractivity contribution is 0.459. The van der Waals surface area contributed by atoms with Gasteiger partial charge >= 0.3 is 0 Å². The van der Waals surface area contributed by atoms with E-state index in [2.05, 4.69) is 20.2 Å². The smallest absolute Gasteiger partial charge is 0.262 e. The number of para-hydroxylation sites is 1. The topological polar surface area (TPSA) is 95.6 Å². The van der Waals surface area contributed by atoms with E-state index in [1.54, 1.807) is 31.2 Å². The average Bonchev–Trinajstić information content (AvgIpc) is 2.94. The highest BCUT2D eigenvalue weighted by molar-refractivity contribution is 5.94. The molecule has 0 amide bonds. The van der Waals surface area contributed by atoms with Crippen LogP contribution in [0.4, 0.5) is 16.0 Å². The number of nitrogens with one attached hydrogen (secondary N) is 1. The Balaban J connectivity index is 1.89. The minimum atomic E-state index is -0.456. The van der Waals surface area contributed by atoms with Gasteiger partial charge < -0.3 is 10.1 Å². The Morgan fingerprint density at radius 3 is 2.81 bits per heavy atom. The summed E-state index contributed by atoms with van der Waals surface area (Å²) in [5, 5.41) is 19.0. The second-order valence-corrected chi connectivity index (χ2v) is 5.69. The van der Waals surface area contributed by atoms with Crippen LogP contribution in [-0.4, -0.2) is 19.6 Å². The number of H-pyrrole nitrogens is 1. The Morgan fingerprint density at radius 1 is 1.19 bits per heavy atom. The van der Waals surface area contributed by atoms with Crippen LogP contribution in [0.3, 0.4) is 0 Å². The van der Waals surface area contributed by atoms with Crippen LogP contribution in [0.1, 0.15) is 6.92 Å². The Bertz CT molecular complexity index is 1230. The van der Waals surface area contributed by atoms with Gasteiger partial charge in [-0.05, 0) is 37.3 Å². The molecular formula is C18H14FN5O2. The summed E-state index contributed by atoms with van der Waals surface area (Å²) in [4.78, 5) is 19.7. The number of rotatable bonds is 3. The molecule has 0 bridgehead atoms. The minimum absolute atomic E-state index is 0.0876. The second kappa shape index (κ2) is 6.07. The van der Waals surface area contributed by atoms with Gasteiger partial charge in [0.25, 0.3) is 11.5 Å². The van der Waals surface area contributed by atoms with Gasteiger partial charge in [0.1, 0.15) is 5.82 Å². The van der Waals surface area contributed by atoms with Crippen LogP contribution < -0.4 is 5.56 Å². The SMILES string of the molecule is CCn1c(N=Nc2c(O)[nH]c3ccc(F)cc23)nc2ccccc2c1=O. The first-order valence-electron chi connectivity index (χ1n) is 8.00. The van der Waals surface area contributed by atoms with E-state index in [4.69, 9.17) is 0 Å². The van der Waals surface area contributed by atoms with Crippen LogP contribution in [0.25, 0.3) is 21.8 Å². The molecule has 0 fully saturated rings. The number of fused-ring (bicyclic) bond motifs is 2. The lowest BCUT2D eigenvalue weighted by atomic mass is 10.2. The number of aromatic amines is 1. The molecule has 0 aliphatic heterocycles. The Kier molecular flexibility index (Phi) is 3.72. The third kappa shape index (κ3) is 2.52. The highest BCUT2D eigenvalue weighted by Crippen LogP contribution is 2.36. The van der Waals surface area contributed by atoms with Crippen molar-refractivity contribution in [2.45, 2.75) is 13.5 Å². The summed E-state index contributed by atoms with van der Waals surface area (Å²) in [6.07, 6.45) is 0. The van der Waals surface area contributed by atoms with E-state index in [0.717, 1.165) is 0 Å². The molecule has 2 aromatic carbocycles. The molecule has 4 aromatic rings. The highest BCUT2D eigenvalue weighted by atomic mass is 19.1. The number of aromatic nitrogens is 3. The van der Waals surface area contributed by atoms with Crippen molar-refractivity contribution in [1.29, 1.82) is 0 Å². The van der Waals surface area contributed by atoms with Crippen molar-refractivity contribution in [3.63, 3.8) is 0 Å². The Labute approximate surface area is 146 Å². The van der Waals surface area contributed by atoms with Crippen LogP contribution >= 0.6 is 0 Å². The molecule has 0 saturated heterocycles. The predicted octanol–water partition coefficient (Wildman–Crippen LogP) is 4.16. The number of halogens is 1. The summed E-state index contributed by atoms with van der Waals surface area (Å²) in [7, 11) is 0. The zero-order valence-electron chi connectivity index (χ0n) is 13.8. The first-order chi connectivity index (χ1) is 12.6. The summed E-state index contributed by atoms with van der Waals surface area (Å²) >= 11 is 0. The summed E-state index contributed by atoms with van der Waals surface area (Å²) in [6.45, 7) is 2.16. The molecule has 4 rings (SSSR count). The summed E-state index contributed by atoms with van der Waals surface area (Å²) in [5.41, 5.74) is 0.897. The van der Waals surface area contributed by atoms with Crippen LogP contribution in [0, 0.1) is 5.82 Å². The van der Waals surface area contributed by atoms with Crippen LogP contribution in [0.2, 0.25) is 0 Å². The number of hydrogen-bond acceptors (Lipinski definition) is 5. The Morgan fingerprint density at radius 2 is 2.00 bits per heavy atom. The molecule has 0 aliphatic carbocycles. The first kappa shape index (κ1) is 15.9. The van der Waals surface area contributed by atoms with Crippen molar-refractivity contribution in [1.82, 2.24) is 14.5 Å². The fourth-order valence-electron chi connectivity index (χ4n) is 2.85. The molecule has 0 saturated carbocycles. The average molecular weight is 351 g/mol. The largest absolute Gasteiger partial charge is 0.493 e. The molecule has 0 radical (unpaired) electrons. The van der Waals surface area contributed by atoms with E-state index in [-0.39, 0.29) is 23.1 Å². The van der Waals surface area contributed by atoms with Gasteiger partial charge in [-0.3, -0.25) is 9.36 Å². The maximum Gasteiger partial charge on any atom is 0.262 e. The molecule has 2 heterocycles. The van der Waals surface area contributed by atoms with Crippen LogP contribution in [0.5, 0.6) is 5.88 Å². The number of benzene rings is 2. The van der Waals surface area contributed by atoms with E-state index in [0.29, 0.717) is 28.4 Å². The van der Waals surface area contributed by atoms with Gasteiger partial charge in [0.15, 0.2) is 5.69 Å². The lowest BCUT2D eigenvalue weighted by Gasteiger charge is -2.06. The fourth-order valence-corrected chi connectivity index (χ4v) is 2.85. The van der Waals surface area contributed by atoms with Gasteiger partial charge in [0, 0.05) is 11.9 Å². The van der Waals surface area contributed by atoms with E-state index in [9.17, 15) is 14.3 Å². The number of aromatic hydroxyl groups is 1. The zero-order chi connectivity index (χ0) is 18.3. The third-order valence-electron chi connectivity index (χ3n) is 4.11. The third-order valence-corrected chi connectivity index (χ3v) is 4.11. The Hall–Kier alpha value is -3.55. The van der Waals surface area contributed by atoms with Crippen molar-refractivity contribution in [2.24, 2.45) is 10.2 Å². The molecule has 2 aromatic heterocycles. The standard InChI is InChI=1S/C18H14FN5O2/c1-2-24-17(26)11-5-3-4-6-13(11)21-18(24)23-22-15-12-9-10(19)7-8-14(12)20-16(15)25/h3-9,20,25H,2H2,1H3. The van der Waals surface area contributed by atoms with E-state index in [1.807, 2.05) is 0 Å². The maximum absolute atomic E-state index is 13.5.